The average Bonchev–Trinajstić information content (AvgIpc) is 3.47. The number of fused-ring (bicyclic) bond motifs is 1. The largest absolute Gasteiger partial charge is 0.377 e. The van der Waals surface area contributed by atoms with Crippen LogP contribution >= 0.6 is 22.9 Å². The van der Waals surface area contributed by atoms with E-state index in [9.17, 15) is 22.0 Å². The van der Waals surface area contributed by atoms with Crippen LogP contribution in [0.25, 0.3) is 16.3 Å². The van der Waals surface area contributed by atoms with E-state index in [4.69, 9.17) is 16.3 Å². The normalized spacial score (nSPS) is 17.8. The van der Waals surface area contributed by atoms with Gasteiger partial charge in [-0.2, -0.15) is 0 Å². The summed E-state index contributed by atoms with van der Waals surface area (Å²) in [6, 6.07) is 1.38. The molecule has 0 spiro atoms. The zero-order valence-corrected chi connectivity index (χ0v) is 23.1. The summed E-state index contributed by atoms with van der Waals surface area (Å²) in [5.41, 5.74) is 0.106. The standard InChI is InChI=1S/C21H25ClF2N8O4S2/c1-21(10-36-11-21)28-38(34,35)12-8-13(30-4-6-31(7-5-30)20(33)29(2)3)14-15(22)25-17(32(14)9-12)19-27-26-18(37-19)16(23)24/h8-9,16,28H,4-7,10-11H2,1-3H3. The Morgan fingerprint density at radius 1 is 1.24 bits per heavy atom. The molecule has 0 saturated carbocycles. The SMILES string of the molecule is CN(C)C(=O)N1CCN(c2cc(S(=O)(=O)NC3(C)COC3)cn3c(-c4nnc(C(F)F)s4)nc(Cl)c23)CC1. The van der Waals surface area contributed by atoms with E-state index in [0.29, 0.717) is 48.7 Å². The van der Waals surface area contributed by atoms with E-state index in [1.165, 1.54) is 21.6 Å². The summed E-state index contributed by atoms with van der Waals surface area (Å²) in [6.07, 6.45) is -1.47. The van der Waals surface area contributed by atoms with Gasteiger partial charge < -0.3 is 19.4 Å². The van der Waals surface area contributed by atoms with Crippen LogP contribution in [0.1, 0.15) is 18.4 Å². The van der Waals surface area contributed by atoms with Crippen LogP contribution in [0.4, 0.5) is 19.3 Å². The van der Waals surface area contributed by atoms with Crippen molar-refractivity contribution in [1.82, 2.24) is 34.1 Å². The number of sulfonamides is 1. The molecule has 2 saturated heterocycles. The van der Waals surface area contributed by atoms with Crippen molar-refractivity contribution in [1.29, 1.82) is 0 Å². The number of imidazole rings is 1. The minimum Gasteiger partial charge on any atom is -0.377 e. The van der Waals surface area contributed by atoms with E-state index >= 15 is 0 Å². The maximum absolute atomic E-state index is 13.4. The molecule has 2 amide bonds. The second-order valence-corrected chi connectivity index (χ2v) is 12.6. The Kier molecular flexibility index (Phi) is 6.96. The Hall–Kier alpha value is -2.66. The Balaban J connectivity index is 1.61. The second kappa shape index (κ2) is 9.82. The van der Waals surface area contributed by atoms with Gasteiger partial charge in [0, 0.05) is 46.5 Å². The highest BCUT2D eigenvalue weighted by Crippen LogP contribution is 2.37. The average molecular weight is 591 g/mol. The van der Waals surface area contributed by atoms with Gasteiger partial charge in [0.1, 0.15) is 10.4 Å². The number of piperazine rings is 1. The number of ether oxygens (including phenoxy) is 1. The molecule has 0 unspecified atom stereocenters. The van der Waals surface area contributed by atoms with Crippen LogP contribution in [0, 0.1) is 0 Å². The van der Waals surface area contributed by atoms with E-state index in [2.05, 4.69) is 19.9 Å². The van der Waals surface area contributed by atoms with E-state index in [1.807, 2.05) is 4.90 Å². The molecule has 206 valence electrons. The van der Waals surface area contributed by atoms with Crippen LogP contribution in [0.15, 0.2) is 17.2 Å². The van der Waals surface area contributed by atoms with Crippen molar-refractivity contribution < 1.29 is 26.7 Å². The summed E-state index contributed by atoms with van der Waals surface area (Å²) in [5, 5.41) is 6.99. The predicted molar refractivity (Wildman–Crippen MR) is 136 cm³/mol. The fourth-order valence-electron chi connectivity index (χ4n) is 4.35. The summed E-state index contributed by atoms with van der Waals surface area (Å²) in [5.74, 6) is 0.0901. The second-order valence-electron chi connectivity index (χ2n) is 9.56. The molecular formula is C21H25ClF2N8O4S2. The number of anilines is 1. The summed E-state index contributed by atoms with van der Waals surface area (Å²) in [7, 11) is -0.688. The topological polar surface area (TPSA) is 125 Å². The number of rotatable bonds is 6. The lowest BCUT2D eigenvalue weighted by atomic mass is 10.0. The van der Waals surface area contributed by atoms with Crippen molar-refractivity contribution in [3.05, 3.63) is 22.4 Å². The molecule has 2 aliphatic heterocycles. The molecule has 17 heteroatoms. The molecule has 0 aliphatic carbocycles. The Labute approximate surface area is 226 Å². The summed E-state index contributed by atoms with van der Waals surface area (Å²) in [4.78, 5) is 21.8. The van der Waals surface area contributed by atoms with E-state index < -0.39 is 27.0 Å². The number of hydrogen-bond donors (Lipinski definition) is 1. The highest BCUT2D eigenvalue weighted by molar-refractivity contribution is 7.89. The predicted octanol–water partition coefficient (Wildman–Crippen LogP) is 2.31. The lowest BCUT2D eigenvalue weighted by molar-refractivity contribution is -0.0523. The smallest absolute Gasteiger partial charge is 0.319 e. The van der Waals surface area contributed by atoms with Crippen LogP contribution in [-0.2, 0) is 14.8 Å². The zero-order chi connectivity index (χ0) is 27.4. The fraction of sp³-hybridized carbons (Fsp3) is 0.524. The molecule has 3 aromatic heterocycles. The van der Waals surface area contributed by atoms with Gasteiger partial charge in [-0.15, -0.1) is 10.2 Å². The van der Waals surface area contributed by atoms with Crippen molar-refractivity contribution in [2.75, 3.05) is 58.4 Å². The third-order valence-corrected chi connectivity index (χ3v) is 9.07. The Bertz CT molecular complexity index is 1480. The lowest BCUT2D eigenvalue weighted by Crippen LogP contribution is -2.59. The highest BCUT2D eigenvalue weighted by Gasteiger charge is 2.38. The molecule has 38 heavy (non-hydrogen) atoms. The van der Waals surface area contributed by atoms with Crippen molar-refractivity contribution in [3.8, 4) is 10.8 Å². The maximum Gasteiger partial charge on any atom is 0.319 e. The molecule has 2 fully saturated rings. The number of urea groups is 1. The number of nitrogens with one attached hydrogen (secondary N) is 1. The molecule has 5 heterocycles. The number of carbonyl (C=O) groups is 1. The van der Waals surface area contributed by atoms with E-state index in [1.54, 1.807) is 25.9 Å². The maximum atomic E-state index is 13.4. The first-order valence-corrected chi connectivity index (χ1v) is 14.2. The first-order valence-electron chi connectivity index (χ1n) is 11.5. The molecule has 12 nitrogen and oxygen atoms in total. The highest BCUT2D eigenvalue weighted by atomic mass is 35.5. The molecule has 3 aromatic rings. The Morgan fingerprint density at radius 3 is 2.47 bits per heavy atom. The van der Waals surface area contributed by atoms with Crippen molar-refractivity contribution in [2.24, 2.45) is 0 Å². The molecule has 0 atom stereocenters. The first-order chi connectivity index (χ1) is 17.9. The quantitative estimate of drug-likeness (QED) is 0.464. The molecule has 0 radical (unpaired) electrons. The van der Waals surface area contributed by atoms with Gasteiger partial charge in [0.05, 0.1) is 24.4 Å². The third-order valence-electron chi connectivity index (χ3n) is 6.27. The van der Waals surface area contributed by atoms with Crippen molar-refractivity contribution >= 4 is 50.2 Å². The number of halogens is 3. The van der Waals surface area contributed by atoms with E-state index in [0.717, 1.165) is 0 Å². The van der Waals surface area contributed by atoms with Gasteiger partial charge in [-0.25, -0.2) is 31.7 Å². The fourth-order valence-corrected chi connectivity index (χ4v) is 6.70. The summed E-state index contributed by atoms with van der Waals surface area (Å²) in [6.45, 7) is 3.81. The molecule has 2 aliphatic rings. The van der Waals surface area contributed by atoms with Gasteiger partial charge >= 0.3 is 6.03 Å². The van der Waals surface area contributed by atoms with Crippen LogP contribution in [0.5, 0.6) is 0 Å². The number of nitrogens with zero attached hydrogens (tertiary/aromatic N) is 7. The number of amides is 2. The van der Waals surface area contributed by atoms with Gasteiger partial charge in [0.25, 0.3) is 6.43 Å². The molecule has 5 rings (SSSR count). The van der Waals surface area contributed by atoms with Crippen LogP contribution in [-0.4, -0.2) is 103 Å². The summed E-state index contributed by atoms with van der Waals surface area (Å²) >= 11 is 7.19. The van der Waals surface area contributed by atoms with Crippen LogP contribution < -0.4 is 9.62 Å². The molecule has 1 N–H and O–H groups in total. The van der Waals surface area contributed by atoms with Crippen molar-refractivity contribution in [3.63, 3.8) is 0 Å². The van der Waals surface area contributed by atoms with Gasteiger partial charge in [-0.05, 0) is 13.0 Å². The van der Waals surface area contributed by atoms with E-state index in [-0.39, 0.29) is 40.1 Å². The zero-order valence-electron chi connectivity index (χ0n) is 20.7. The van der Waals surface area contributed by atoms with Gasteiger partial charge in [-0.1, -0.05) is 22.9 Å². The monoisotopic (exact) mass is 590 g/mol. The minimum absolute atomic E-state index is 0.0480. The van der Waals surface area contributed by atoms with Gasteiger partial charge in [0.15, 0.2) is 21.0 Å². The molecular weight excluding hydrogens is 566 g/mol. The summed E-state index contributed by atoms with van der Waals surface area (Å²) < 4.78 is 62.6. The van der Waals surface area contributed by atoms with Crippen LogP contribution in [0.2, 0.25) is 5.15 Å². The minimum atomic E-state index is -4.04. The number of hydrogen-bond acceptors (Lipinski definition) is 9. The molecule has 0 aromatic carbocycles. The number of alkyl halides is 2. The van der Waals surface area contributed by atoms with Gasteiger partial charge in [-0.3, -0.25) is 4.40 Å². The van der Waals surface area contributed by atoms with Crippen LogP contribution in [0.3, 0.4) is 0 Å². The lowest BCUT2D eigenvalue weighted by Gasteiger charge is -2.38. The number of carbonyl (C=O) groups excluding carboxylic acids is 1. The van der Waals surface area contributed by atoms with Gasteiger partial charge in [0.2, 0.25) is 10.0 Å². The Morgan fingerprint density at radius 2 is 1.92 bits per heavy atom. The third kappa shape index (κ3) is 4.90. The first kappa shape index (κ1) is 26.9. The molecule has 0 bridgehead atoms. The number of pyridine rings is 1. The van der Waals surface area contributed by atoms with Crippen molar-refractivity contribution in [2.45, 2.75) is 23.8 Å². The number of aromatic nitrogens is 4.